The van der Waals surface area contributed by atoms with Crippen molar-refractivity contribution in [1.29, 1.82) is 0 Å². The topological polar surface area (TPSA) is 63.7 Å². The van der Waals surface area contributed by atoms with Crippen LogP contribution in [0.3, 0.4) is 0 Å². The summed E-state index contributed by atoms with van der Waals surface area (Å²) >= 11 is 0. The van der Waals surface area contributed by atoms with Crippen molar-refractivity contribution in [2.75, 3.05) is 6.61 Å². The molecule has 0 aliphatic carbocycles. The lowest BCUT2D eigenvalue weighted by Crippen LogP contribution is -2.40. The van der Waals surface area contributed by atoms with Gasteiger partial charge in [0.2, 0.25) is 5.91 Å². The number of ether oxygens (including phenoxy) is 1. The molecule has 1 aromatic rings. The van der Waals surface area contributed by atoms with Gasteiger partial charge in [0.1, 0.15) is 18.9 Å². The summed E-state index contributed by atoms with van der Waals surface area (Å²) in [6.07, 6.45) is 1.59. The average molecular weight is 331 g/mol. The Hall–Kier alpha value is -2.17. The van der Waals surface area contributed by atoms with Gasteiger partial charge in [0.25, 0.3) is 0 Å². The number of hydrogen-bond donors (Lipinski definition) is 0. The molecule has 2 amide bonds. The Morgan fingerprint density at radius 3 is 2.58 bits per heavy atom. The van der Waals surface area contributed by atoms with Gasteiger partial charge >= 0.3 is 6.09 Å². The van der Waals surface area contributed by atoms with Gasteiger partial charge < -0.3 is 9.53 Å². The van der Waals surface area contributed by atoms with E-state index < -0.39 is 6.09 Å². The monoisotopic (exact) mass is 331 g/mol. The molecule has 1 aromatic carbocycles. The molecule has 5 nitrogen and oxygen atoms in total. The Kier molecular flexibility index (Phi) is 6.12. The SMILES string of the molecule is C[C@H](CC=O)C[C@H](C)[C@H](C)C(=O)N1C(=O)OC[C@@H]1c1ccccc1. The third-order valence-corrected chi connectivity index (χ3v) is 4.81. The fraction of sp³-hybridized carbons (Fsp3) is 0.526. The predicted molar refractivity (Wildman–Crippen MR) is 90.2 cm³/mol. The number of nitrogens with zero attached hydrogens (tertiary/aromatic N) is 1. The van der Waals surface area contributed by atoms with Gasteiger partial charge in [-0.3, -0.25) is 4.79 Å². The molecule has 0 spiro atoms. The van der Waals surface area contributed by atoms with Crippen LogP contribution in [0.5, 0.6) is 0 Å². The highest BCUT2D eigenvalue weighted by atomic mass is 16.6. The van der Waals surface area contributed by atoms with Crippen molar-refractivity contribution in [3.05, 3.63) is 35.9 Å². The highest BCUT2D eigenvalue weighted by Gasteiger charge is 2.41. The number of cyclic esters (lactones) is 1. The first kappa shape index (κ1) is 18.2. The van der Waals surface area contributed by atoms with Gasteiger partial charge in [0.15, 0.2) is 0 Å². The van der Waals surface area contributed by atoms with Crippen LogP contribution in [0.25, 0.3) is 0 Å². The van der Waals surface area contributed by atoms with Crippen LogP contribution in [0.15, 0.2) is 30.3 Å². The Bertz CT molecular complexity index is 586. The van der Waals surface area contributed by atoms with E-state index in [1.54, 1.807) is 0 Å². The summed E-state index contributed by atoms with van der Waals surface area (Å²) in [5, 5.41) is 0. The molecule has 2 rings (SSSR count). The van der Waals surface area contributed by atoms with Crippen LogP contribution in [-0.2, 0) is 14.3 Å². The number of benzene rings is 1. The summed E-state index contributed by atoms with van der Waals surface area (Å²) < 4.78 is 5.12. The molecule has 0 radical (unpaired) electrons. The standard InChI is InChI=1S/C19H25NO4/c1-13(9-10-21)11-14(2)15(3)18(22)20-17(12-24-19(20)23)16-7-5-4-6-8-16/h4-8,10,13-15,17H,9,11-12H2,1-3H3/t13-,14+,15+,17-/m1/s1. The lowest BCUT2D eigenvalue weighted by atomic mass is 9.85. The van der Waals surface area contributed by atoms with Gasteiger partial charge in [0.05, 0.1) is 0 Å². The molecular weight excluding hydrogens is 306 g/mol. The maximum atomic E-state index is 12.9. The van der Waals surface area contributed by atoms with Crippen LogP contribution in [0.1, 0.15) is 45.2 Å². The number of imide groups is 1. The lowest BCUT2D eigenvalue weighted by molar-refractivity contribution is -0.134. The highest BCUT2D eigenvalue weighted by Crippen LogP contribution is 2.32. The minimum atomic E-state index is -0.575. The maximum Gasteiger partial charge on any atom is 0.417 e. The van der Waals surface area contributed by atoms with Crippen molar-refractivity contribution in [3.63, 3.8) is 0 Å². The fourth-order valence-corrected chi connectivity index (χ4v) is 3.15. The molecule has 4 atom stereocenters. The smallest absolute Gasteiger partial charge is 0.417 e. The van der Waals surface area contributed by atoms with Crippen molar-refractivity contribution in [1.82, 2.24) is 4.90 Å². The molecule has 1 saturated heterocycles. The van der Waals surface area contributed by atoms with Gasteiger partial charge in [-0.15, -0.1) is 0 Å². The molecule has 24 heavy (non-hydrogen) atoms. The van der Waals surface area contributed by atoms with E-state index in [0.717, 1.165) is 18.3 Å². The van der Waals surface area contributed by atoms with Gasteiger partial charge in [-0.25, -0.2) is 9.69 Å². The second-order valence-corrected chi connectivity index (χ2v) is 6.72. The third kappa shape index (κ3) is 4.02. The van der Waals surface area contributed by atoms with E-state index in [0.29, 0.717) is 6.42 Å². The maximum absolute atomic E-state index is 12.9. The van der Waals surface area contributed by atoms with Gasteiger partial charge in [-0.05, 0) is 23.8 Å². The van der Waals surface area contributed by atoms with Crippen molar-refractivity contribution >= 4 is 18.3 Å². The number of aldehydes is 1. The number of hydrogen-bond acceptors (Lipinski definition) is 4. The van der Waals surface area contributed by atoms with E-state index in [-0.39, 0.29) is 36.3 Å². The third-order valence-electron chi connectivity index (χ3n) is 4.81. The van der Waals surface area contributed by atoms with Crippen molar-refractivity contribution in [2.24, 2.45) is 17.8 Å². The molecule has 1 aliphatic heterocycles. The summed E-state index contributed by atoms with van der Waals surface area (Å²) in [6, 6.07) is 9.09. The van der Waals surface area contributed by atoms with Crippen LogP contribution in [0, 0.1) is 17.8 Å². The fourth-order valence-electron chi connectivity index (χ4n) is 3.15. The second-order valence-electron chi connectivity index (χ2n) is 6.72. The quantitative estimate of drug-likeness (QED) is 0.716. The van der Waals surface area contributed by atoms with Crippen LogP contribution in [-0.4, -0.2) is 29.8 Å². The first-order valence-corrected chi connectivity index (χ1v) is 8.44. The van der Waals surface area contributed by atoms with E-state index in [4.69, 9.17) is 4.74 Å². The Labute approximate surface area is 143 Å². The Morgan fingerprint density at radius 1 is 1.29 bits per heavy atom. The zero-order valence-corrected chi connectivity index (χ0v) is 14.5. The van der Waals surface area contributed by atoms with Gasteiger partial charge in [0, 0.05) is 12.3 Å². The minimum absolute atomic E-state index is 0.0808. The molecule has 1 aliphatic rings. The highest BCUT2D eigenvalue weighted by molar-refractivity contribution is 5.94. The van der Waals surface area contributed by atoms with E-state index >= 15 is 0 Å². The van der Waals surface area contributed by atoms with Crippen LogP contribution >= 0.6 is 0 Å². The normalized spacial score (nSPS) is 21.0. The Morgan fingerprint density at radius 2 is 1.96 bits per heavy atom. The number of carbonyl (C=O) groups excluding carboxylic acids is 3. The summed E-state index contributed by atoms with van der Waals surface area (Å²) in [4.78, 5) is 36.8. The van der Waals surface area contributed by atoms with Gasteiger partial charge in [-0.2, -0.15) is 0 Å². The zero-order chi connectivity index (χ0) is 17.7. The first-order valence-electron chi connectivity index (χ1n) is 8.44. The molecule has 0 aromatic heterocycles. The lowest BCUT2D eigenvalue weighted by Gasteiger charge is -2.27. The van der Waals surface area contributed by atoms with Crippen LogP contribution in [0.4, 0.5) is 4.79 Å². The van der Waals surface area contributed by atoms with E-state index in [1.807, 2.05) is 51.1 Å². The molecule has 130 valence electrons. The second kappa shape index (κ2) is 8.08. The van der Waals surface area contributed by atoms with E-state index in [1.165, 1.54) is 4.90 Å². The first-order chi connectivity index (χ1) is 11.5. The number of amides is 2. The largest absolute Gasteiger partial charge is 0.446 e. The van der Waals surface area contributed by atoms with E-state index in [9.17, 15) is 14.4 Å². The van der Waals surface area contributed by atoms with Crippen molar-refractivity contribution < 1.29 is 19.1 Å². The molecule has 0 unspecified atom stereocenters. The molecule has 0 bridgehead atoms. The molecular formula is C19H25NO4. The van der Waals surface area contributed by atoms with Crippen molar-refractivity contribution in [3.8, 4) is 0 Å². The van der Waals surface area contributed by atoms with Crippen molar-refractivity contribution in [2.45, 2.75) is 39.7 Å². The zero-order valence-electron chi connectivity index (χ0n) is 14.5. The van der Waals surface area contributed by atoms with Gasteiger partial charge in [-0.1, -0.05) is 51.1 Å². The summed E-state index contributed by atoms with van der Waals surface area (Å²) in [5.74, 6) is -0.214. The molecule has 5 heteroatoms. The number of rotatable bonds is 7. The molecule has 0 N–H and O–H groups in total. The Balaban J connectivity index is 2.10. The van der Waals surface area contributed by atoms with E-state index in [2.05, 4.69) is 0 Å². The summed E-state index contributed by atoms with van der Waals surface area (Å²) in [7, 11) is 0. The van der Waals surface area contributed by atoms with Crippen LogP contribution < -0.4 is 0 Å². The van der Waals surface area contributed by atoms with Crippen LogP contribution in [0.2, 0.25) is 0 Å². The molecule has 1 fully saturated rings. The molecule has 1 heterocycles. The average Bonchev–Trinajstić information content (AvgIpc) is 2.96. The minimum Gasteiger partial charge on any atom is -0.446 e. The predicted octanol–water partition coefficient (Wildman–Crippen LogP) is 3.59. The summed E-state index contributed by atoms with van der Waals surface area (Å²) in [6.45, 7) is 6.02. The summed E-state index contributed by atoms with van der Waals surface area (Å²) in [5.41, 5.74) is 0.894. The molecule has 0 saturated carbocycles. The number of carbonyl (C=O) groups is 3.